The lowest BCUT2D eigenvalue weighted by atomic mass is 9.33. The highest BCUT2D eigenvalue weighted by Crippen LogP contribution is 2.76. The van der Waals surface area contributed by atoms with Gasteiger partial charge in [0.05, 0.1) is 29.1 Å². The van der Waals surface area contributed by atoms with Crippen LogP contribution in [0.4, 0.5) is 0 Å². The molecule has 1 heterocycles. The molecule has 4 saturated carbocycles. The lowest BCUT2D eigenvalue weighted by Gasteiger charge is -2.72. The summed E-state index contributed by atoms with van der Waals surface area (Å²) in [6.07, 6.45) is 10.7. The van der Waals surface area contributed by atoms with E-state index in [1.165, 1.54) is 5.57 Å². The van der Waals surface area contributed by atoms with Gasteiger partial charge < -0.3 is 15.2 Å². The number of fused-ring (bicyclic) bond motifs is 7. The van der Waals surface area contributed by atoms with Crippen LogP contribution in [0.15, 0.2) is 23.5 Å². The second-order valence-corrected chi connectivity index (χ2v) is 18.4. The minimum atomic E-state index is -1.17. The van der Waals surface area contributed by atoms with E-state index in [0.29, 0.717) is 23.8 Å². The standard InChI is InChI=1S/C39H57N3O6/c1-22(2)30-25(43)18-39(42-32(45)23-20-40-41-21-23)17-16-37(8)24(31(30)39)10-11-27-36(7)14-13-28(48-29(44)19-34(3,4)33(46)47)35(5,6)26(36)12-15-38(27,37)9/h20-22,24,26-28H,10-19H2,1-9H3,(H,40,41)(H,42,45)(H,46,47)/t24?,26?,27?,28-,36-,37+,38+,39+/m0/s1. The van der Waals surface area contributed by atoms with Gasteiger partial charge in [0.15, 0.2) is 5.78 Å². The number of carboxylic acids is 1. The van der Waals surface area contributed by atoms with Crippen molar-refractivity contribution in [3.8, 4) is 0 Å². The van der Waals surface area contributed by atoms with E-state index in [-0.39, 0.29) is 57.7 Å². The number of nitrogens with one attached hydrogen (secondary N) is 2. The number of nitrogens with zero attached hydrogens (tertiary/aromatic N) is 1. The van der Waals surface area contributed by atoms with Gasteiger partial charge in [0.2, 0.25) is 0 Å². The van der Waals surface area contributed by atoms with Crippen LogP contribution in [0.2, 0.25) is 0 Å². The molecule has 1 aromatic rings. The quantitative estimate of drug-likeness (QED) is 0.261. The van der Waals surface area contributed by atoms with Crippen LogP contribution in [0, 0.1) is 50.7 Å². The third-order valence-electron chi connectivity index (χ3n) is 14.9. The fourth-order valence-corrected chi connectivity index (χ4v) is 12.2. The van der Waals surface area contributed by atoms with Gasteiger partial charge in [-0.15, -0.1) is 0 Å². The number of rotatable bonds is 7. The van der Waals surface area contributed by atoms with E-state index in [2.05, 4.69) is 64.0 Å². The van der Waals surface area contributed by atoms with E-state index in [0.717, 1.165) is 56.9 Å². The van der Waals surface area contributed by atoms with Crippen molar-refractivity contribution in [1.29, 1.82) is 0 Å². The predicted octanol–water partition coefficient (Wildman–Crippen LogP) is 7.29. The van der Waals surface area contributed by atoms with E-state index in [1.54, 1.807) is 26.2 Å². The molecular weight excluding hydrogens is 606 g/mol. The van der Waals surface area contributed by atoms with Gasteiger partial charge in [0, 0.05) is 18.0 Å². The van der Waals surface area contributed by atoms with E-state index >= 15 is 0 Å². The van der Waals surface area contributed by atoms with Gasteiger partial charge in [-0.2, -0.15) is 5.10 Å². The number of H-pyrrole nitrogens is 1. The second kappa shape index (κ2) is 11.3. The van der Waals surface area contributed by atoms with Crippen LogP contribution in [0.25, 0.3) is 0 Å². The largest absolute Gasteiger partial charge is 0.481 e. The summed E-state index contributed by atoms with van der Waals surface area (Å²) in [6.45, 7) is 19.4. The number of carbonyl (C=O) groups is 4. The molecule has 1 amide bonds. The fourth-order valence-electron chi connectivity index (χ4n) is 12.2. The van der Waals surface area contributed by atoms with Crippen LogP contribution < -0.4 is 5.32 Å². The first-order valence-electron chi connectivity index (χ1n) is 18.3. The molecule has 0 bridgehead atoms. The molecule has 6 rings (SSSR count). The Morgan fingerprint density at radius 1 is 1.00 bits per heavy atom. The number of carboxylic acid groups (broad SMARTS) is 1. The van der Waals surface area contributed by atoms with Gasteiger partial charge in [-0.3, -0.25) is 24.3 Å². The summed E-state index contributed by atoms with van der Waals surface area (Å²) in [5, 5.41) is 19.7. The van der Waals surface area contributed by atoms with Gasteiger partial charge in [-0.25, -0.2) is 0 Å². The number of hydrogen-bond donors (Lipinski definition) is 3. The highest BCUT2D eigenvalue weighted by Gasteiger charge is 2.70. The molecule has 4 fully saturated rings. The normalized spacial score (nSPS) is 38.8. The molecule has 3 unspecified atom stereocenters. The van der Waals surface area contributed by atoms with Crippen LogP contribution in [-0.4, -0.2) is 50.6 Å². The Kier molecular flexibility index (Phi) is 8.19. The average molecular weight is 664 g/mol. The van der Waals surface area contributed by atoms with Crippen molar-refractivity contribution >= 4 is 23.6 Å². The van der Waals surface area contributed by atoms with Gasteiger partial charge >= 0.3 is 11.9 Å². The van der Waals surface area contributed by atoms with Crippen LogP contribution >= 0.6 is 0 Å². The lowest BCUT2D eigenvalue weighted by Crippen LogP contribution is -2.67. The van der Waals surface area contributed by atoms with Crippen molar-refractivity contribution in [2.75, 3.05) is 0 Å². The third kappa shape index (κ3) is 4.94. The zero-order valence-corrected chi connectivity index (χ0v) is 30.5. The number of aromatic nitrogens is 2. The Morgan fingerprint density at radius 2 is 1.71 bits per heavy atom. The molecule has 8 atom stereocenters. The number of aliphatic carboxylic acids is 1. The zero-order chi connectivity index (χ0) is 35.2. The van der Waals surface area contributed by atoms with Crippen LogP contribution in [0.3, 0.4) is 0 Å². The van der Waals surface area contributed by atoms with Crippen molar-refractivity contribution in [1.82, 2.24) is 15.5 Å². The van der Waals surface area contributed by atoms with E-state index < -0.39 is 22.9 Å². The van der Waals surface area contributed by atoms with Gasteiger partial charge in [-0.1, -0.05) is 48.5 Å². The molecule has 1 aromatic heterocycles. The molecule has 264 valence electrons. The lowest BCUT2D eigenvalue weighted by molar-refractivity contribution is -0.232. The number of ether oxygens (including phenoxy) is 1. The monoisotopic (exact) mass is 663 g/mol. The maximum absolute atomic E-state index is 13.8. The number of hydrogen-bond acceptors (Lipinski definition) is 6. The molecule has 0 spiro atoms. The SMILES string of the molecule is CC(C)C1=C2C3CCC4[C@@]5(C)CC[C@H](OC(=O)CC(C)(C)C(=O)O)C(C)(C)C5CC[C@@]4(C)[C@]3(C)CC[C@@]2(NC(=O)c2cn[nH]c2)CC1=O. The highest BCUT2D eigenvalue weighted by molar-refractivity contribution is 6.03. The summed E-state index contributed by atoms with van der Waals surface area (Å²) in [5.41, 5.74) is 0.613. The van der Waals surface area contributed by atoms with Crippen molar-refractivity contribution in [3.05, 3.63) is 29.1 Å². The number of allylic oxidation sites excluding steroid dienone is 1. The molecule has 3 N–H and O–H groups in total. The summed E-state index contributed by atoms with van der Waals surface area (Å²) in [5.74, 6) is -0.293. The van der Waals surface area contributed by atoms with Gasteiger partial charge in [0.25, 0.3) is 5.91 Å². The fraction of sp³-hybridized carbons (Fsp3) is 0.769. The minimum absolute atomic E-state index is 0.0354. The molecule has 0 aliphatic heterocycles. The zero-order valence-electron chi connectivity index (χ0n) is 30.5. The Balaban J connectivity index is 1.30. The van der Waals surface area contributed by atoms with E-state index in [9.17, 15) is 24.3 Å². The second-order valence-electron chi connectivity index (χ2n) is 18.4. The van der Waals surface area contributed by atoms with Gasteiger partial charge in [0.1, 0.15) is 6.10 Å². The molecule has 0 radical (unpaired) electrons. The highest BCUT2D eigenvalue weighted by atomic mass is 16.5. The molecule has 9 nitrogen and oxygen atoms in total. The number of Topliss-reactive ketones (excluding diaryl/α,β-unsaturated/α-hetero) is 1. The Bertz CT molecular complexity index is 1540. The van der Waals surface area contributed by atoms with Crippen molar-refractivity contribution < 1.29 is 29.0 Å². The summed E-state index contributed by atoms with van der Waals surface area (Å²) in [4.78, 5) is 52.1. The van der Waals surface area contributed by atoms with Crippen LogP contribution in [0.1, 0.15) is 137 Å². The number of carbonyl (C=O) groups excluding carboxylic acids is 3. The summed E-state index contributed by atoms with van der Waals surface area (Å²) in [6, 6.07) is 0. The van der Waals surface area contributed by atoms with E-state index in [4.69, 9.17) is 4.74 Å². The minimum Gasteiger partial charge on any atom is -0.481 e. The number of esters is 1. The summed E-state index contributed by atoms with van der Waals surface area (Å²) >= 11 is 0. The maximum atomic E-state index is 13.8. The molecule has 0 aromatic carbocycles. The maximum Gasteiger partial charge on any atom is 0.309 e. The molecule has 5 aliphatic rings. The topological polar surface area (TPSA) is 138 Å². The van der Waals surface area contributed by atoms with Crippen molar-refractivity contribution in [2.24, 2.45) is 50.7 Å². The molecule has 48 heavy (non-hydrogen) atoms. The van der Waals surface area contributed by atoms with Crippen molar-refractivity contribution in [2.45, 2.75) is 138 Å². The summed E-state index contributed by atoms with van der Waals surface area (Å²) in [7, 11) is 0. The summed E-state index contributed by atoms with van der Waals surface area (Å²) < 4.78 is 6.13. The van der Waals surface area contributed by atoms with Crippen molar-refractivity contribution in [3.63, 3.8) is 0 Å². The Labute approximate surface area is 285 Å². The predicted molar refractivity (Wildman–Crippen MR) is 182 cm³/mol. The average Bonchev–Trinajstić information content (AvgIpc) is 3.61. The third-order valence-corrected chi connectivity index (χ3v) is 14.9. The van der Waals surface area contributed by atoms with Gasteiger partial charge in [-0.05, 0) is 116 Å². The number of ketones is 1. The Hall–Kier alpha value is -2.97. The first-order valence-corrected chi connectivity index (χ1v) is 18.3. The van der Waals surface area contributed by atoms with Crippen LogP contribution in [0.5, 0.6) is 0 Å². The number of amides is 1. The molecule has 0 saturated heterocycles. The first kappa shape index (κ1) is 34.9. The smallest absolute Gasteiger partial charge is 0.309 e. The molecular formula is C39H57N3O6. The van der Waals surface area contributed by atoms with Crippen LogP contribution in [-0.2, 0) is 19.1 Å². The Morgan fingerprint density at radius 3 is 2.33 bits per heavy atom. The molecule has 5 aliphatic carbocycles. The number of aromatic amines is 1. The van der Waals surface area contributed by atoms with E-state index in [1.807, 2.05) is 0 Å². The first-order chi connectivity index (χ1) is 22.2. The molecule has 9 heteroatoms.